The van der Waals surface area contributed by atoms with Gasteiger partial charge >= 0.3 is 5.97 Å². The number of hydrogen-bond donors (Lipinski definition) is 2. The van der Waals surface area contributed by atoms with Crippen LogP contribution in [0.2, 0.25) is 0 Å². The van der Waals surface area contributed by atoms with E-state index in [2.05, 4.69) is 5.32 Å². The summed E-state index contributed by atoms with van der Waals surface area (Å²) >= 11 is 6.73. The van der Waals surface area contributed by atoms with Crippen molar-refractivity contribution in [2.45, 2.75) is 25.7 Å². The predicted molar refractivity (Wildman–Crippen MR) is 153 cm³/mol. The number of aromatic carboxylic acids is 1. The molecule has 0 bridgehead atoms. The fourth-order valence-electron chi connectivity index (χ4n) is 3.79. The van der Waals surface area contributed by atoms with Gasteiger partial charge in [0, 0.05) is 18.7 Å². The Morgan fingerprint density at radius 1 is 0.947 bits per heavy atom. The lowest BCUT2D eigenvalue weighted by Crippen LogP contribution is -2.29. The van der Waals surface area contributed by atoms with E-state index >= 15 is 0 Å². The van der Waals surface area contributed by atoms with Crippen LogP contribution in [0.3, 0.4) is 0 Å². The highest BCUT2D eigenvalue weighted by Gasteiger charge is 2.31. The molecule has 1 fully saturated rings. The van der Waals surface area contributed by atoms with Crippen molar-refractivity contribution < 1.29 is 24.2 Å². The number of thiocarbonyl (C=S) groups is 1. The number of amides is 2. The molecule has 0 unspecified atom stereocenters. The second-order valence-electron chi connectivity index (χ2n) is 8.56. The third-order valence-electron chi connectivity index (χ3n) is 5.71. The molecule has 0 aromatic heterocycles. The third-order valence-corrected chi connectivity index (χ3v) is 7.09. The van der Waals surface area contributed by atoms with E-state index < -0.39 is 5.97 Å². The lowest BCUT2D eigenvalue weighted by atomic mass is 10.1. The first-order chi connectivity index (χ1) is 18.4. The second kappa shape index (κ2) is 13.0. The zero-order chi connectivity index (χ0) is 26.9. The summed E-state index contributed by atoms with van der Waals surface area (Å²) in [5, 5.41) is 11.7. The first kappa shape index (κ1) is 27.1. The molecule has 3 aromatic carbocycles. The van der Waals surface area contributed by atoms with E-state index in [-0.39, 0.29) is 17.4 Å². The van der Waals surface area contributed by atoms with Crippen molar-refractivity contribution in [3.05, 3.63) is 94.9 Å². The molecular weight excluding hydrogens is 520 g/mol. The number of benzene rings is 3. The van der Waals surface area contributed by atoms with E-state index in [9.17, 15) is 14.4 Å². The number of carboxylic acid groups (broad SMARTS) is 1. The topological polar surface area (TPSA) is 95.9 Å². The smallest absolute Gasteiger partial charge is 0.335 e. The fraction of sp³-hybridized carbons (Fsp3) is 0.172. The molecule has 2 N–H and O–H groups in total. The molecule has 9 heteroatoms. The number of rotatable bonds is 11. The maximum absolute atomic E-state index is 13.0. The minimum absolute atomic E-state index is 0.114. The van der Waals surface area contributed by atoms with E-state index in [0.29, 0.717) is 40.0 Å². The van der Waals surface area contributed by atoms with Gasteiger partial charge in [0.2, 0.25) is 5.91 Å². The maximum atomic E-state index is 13.0. The number of unbranched alkanes of at least 4 members (excludes halogenated alkanes) is 2. The van der Waals surface area contributed by atoms with Gasteiger partial charge in [-0.3, -0.25) is 14.5 Å². The highest BCUT2D eigenvalue weighted by molar-refractivity contribution is 8.26. The summed E-state index contributed by atoms with van der Waals surface area (Å²) in [6.07, 6.45) is 4.31. The molecule has 0 saturated carbocycles. The molecule has 1 heterocycles. The molecular formula is C29H26N2O5S2. The normalized spacial score (nSPS) is 14.1. The van der Waals surface area contributed by atoms with Crippen molar-refractivity contribution in [2.24, 2.45) is 0 Å². The van der Waals surface area contributed by atoms with Crippen molar-refractivity contribution in [1.29, 1.82) is 0 Å². The number of para-hydroxylation sites is 1. The van der Waals surface area contributed by atoms with Gasteiger partial charge in [-0.05, 0) is 73.0 Å². The number of nitrogens with one attached hydrogen (secondary N) is 1. The number of anilines is 1. The van der Waals surface area contributed by atoms with E-state index in [4.69, 9.17) is 22.1 Å². The lowest BCUT2D eigenvalue weighted by Gasteiger charge is -2.14. The molecule has 0 atom stereocenters. The van der Waals surface area contributed by atoms with E-state index in [1.54, 1.807) is 17.0 Å². The summed E-state index contributed by atoms with van der Waals surface area (Å²) in [5.41, 5.74) is 1.57. The highest BCUT2D eigenvalue weighted by atomic mass is 32.2. The van der Waals surface area contributed by atoms with E-state index in [0.717, 1.165) is 24.2 Å². The molecule has 2 amide bonds. The molecule has 38 heavy (non-hydrogen) atoms. The molecule has 1 aliphatic heterocycles. The zero-order valence-corrected chi connectivity index (χ0v) is 22.1. The first-order valence-electron chi connectivity index (χ1n) is 12.1. The Labute approximate surface area is 230 Å². The van der Waals surface area contributed by atoms with Crippen LogP contribution in [-0.4, -0.2) is 38.7 Å². The molecule has 4 rings (SSSR count). The Hall–Kier alpha value is -3.95. The number of carbonyl (C=O) groups is 3. The lowest BCUT2D eigenvalue weighted by molar-refractivity contribution is -0.122. The van der Waals surface area contributed by atoms with Crippen LogP contribution in [0.15, 0.2) is 83.8 Å². The van der Waals surface area contributed by atoms with Crippen molar-refractivity contribution in [1.82, 2.24) is 4.90 Å². The zero-order valence-electron chi connectivity index (χ0n) is 20.5. The Morgan fingerprint density at radius 2 is 1.68 bits per heavy atom. The van der Waals surface area contributed by atoms with Gasteiger partial charge in [0.15, 0.2) is 0 Å². The van der Waals surface area contributed by atoms with Crippen molar-refractivity contribution in [2.75, 3.05) is 11.9 Å². The average molecular weight is 547 g/mol. The molecule has 1 aliphatic rings. The van der Waals surface area contributed by atoms with Crippen LogP contribution in [0.25, 0.3) is 6.08 Å². The van der Waals surface area contributed by atoms with Gasteiger partial charge in [0.05, 0.1) is 10.5 Å². The summed E-state index contributed by atoms with van der Waals surface area (Å²) in [6, 6.07) is 23.1. The average Bonchev–Trinajstić information content (AvgIpc) is 3.16. The van der Waals surface area contributed by atoms with Crippen molar-refractivity contribution in [3.8, 4) is 11.5 Å². The summed E-state index contributed by atoms with van der Waals surface area (Å²) in [5.74, 6) is 0.157. The maximum Gasteiger partial charge on any atom is 0.335 e. The summed E-state index contributed by atoms with van der Waals surface area (Å²) in [6.45, 7) is 0.497. The Bertz CT molecular complexity index is 1360. The minimum Gasteiger partial charge on any atom is -0.478 e. The van der Waals surface area contributed by atoms with Crippen molar-refractivity contribution in [3.63, 3.8) is 0 Å². The second-order valence-corrected chi connectivity index (χ2v) is 10.2. The van der Waals surface area contributed by atoms with Gasteiger partial charge in [-0.25, -0.2) is 4.79 Å². The number of hydrogen-bond acceptors (Lipinski definition) is 6. The molecule has 194 valence electrons. The number of thioether (sulfide) groups is 1. The minimum atomic E-state index is -1.01. The standard InChI is InChI=1S/C29H26N2O5S2/c32-26(30-22-15-13-21(14-16-22)28(34)35)12-5-2-6-17-31-27(33)25(38-29(31)37)19-20-8-7-11-24(18-20)36-23-9-3-1-4-10-23/h1,3-4,7-11,13-16,18-19H,2,5-6,12,17H2,(H,30,32)(H,34,35)/b25-19-. The Morgan fingerprint density at radius 3 is 2.42 bits per heavy atom. The van der Waals surface area contributed by atoms with E-state index in [1.165, 1.54) is 23.9 Å². The number of nitrogens with zero attached hydrogens (tertiary/aromatic N) is 1. The van der Waals surface area contributed by atoms with Gasteiger partial charge < -0.3 is 15.2 Å². The molecule has 3 aromatic rings. The highest BCUT2D eigenvalue weighted by Crippen LogP contribution is 2.33. The van der Waals surface area contributed by atoms with Gasteiger partial charge in [0.1, 0.15) is 15.8 Å². The van der Waals surface area contributed by atoms with Gasteiger partial charge in [-0.2, -0.15) is 0 Å². The number of carboxylic acids is 1. The summed E-state index contributed by atoms with van der Waals surface area (Å²) < 4.78 is 6.41. The Kier molecular flexibility index (Phi) is 9.29. The fourth-order valence-corrected chi connectivity index (χ4v) is 5.10. The largest absolute Gasteiger partial charge is 0.478 e. The van der Waals surface area contributed by atoms with Crippen LogP contribution >= 0.6 is 24.0 Å². The monoisotopic (exact) mass is 546 g/mol. The van der Waals surface area contributed by atoms with Crippen LogP contribution in [0.5, 0.6) is 11.5 Å². The van der Waals surface area contributed by atoms with Crippen LogP contribution in [0, 0.1) is 0 Å². The van der Waals surface area contributed by atoms with Gasteiger partial charge in [0.25, 0.3) is 5.91 Å². The van der Waals surface area contributed by atoms with Crippen LogP contribution in [0.4, 0.5) is 5.69 Å². The number of carbonyl (C=O) groups excluding carboxylic acids is 2. The molecule has 7 nitrogen and oxygen atoms in total. The molecule has 0 radical (unpaired) electrons. The Balaban J connectivity index is 1.22. The summed E-state index contributed by atoms with van der Waals surface area (Å²) in [7, 11) is 0. The number of ether oxygens (including phenoxy) is 1. The molecule has 0 aliphatic carbocycles. The van der Waals surface area contributed by atoms with Crippen LogP contribution < -0.4 is 10.1 Å². The first-order valence-corrected chi connectivity index (χ1v) is 13.3. The van der Waals surface area contributed by atoms with Gasteiger partial charge in [-0.15, -0.1) is 0 Å². The SMILES string of the molecule is O=C(CCCCCN1C(=O)/C(=C/c2cccc(Oc3ccccc3)c2)SC1=S)Nc1ccc(C(=O)O)cc1. The van der Waals surface area contributed by atoms with Crippen LogP contribution in [0.1, 0.15) is 41.6 Å². The predicted octanol–water partition coefficient (Wildman–Crippen LogP) is 6.58. The molecule has 1 saturated heterocycles. The third kappa shape index (κ3) is 7.53. The quantitative estimate of drug-likeness (QED) is 0.159. The van der Waals surface area contributed by atoms with Crippen molar-refractivity contribution >= 4 is 57.8 Å². The van der Waals surface area contributed by atoms with E-state index in [1.807, 2.05) is 60.7 Å². The molecule has 0 spiro atoms. The summed E-state index contributed by atoms with van der Waals surface area (Å²) in [4.78, 5) is 38.2. The van der Waals surface area contributed by atoms with Gasteiger partial charge in [-0.1, -0.05) is 60.7 Å². The van der Waals surface area contributed by atoms with Crippen LogP contribution in [-0.2, 0) is 9.59 Å².